The fourth-order valence-electron chi connectivity index (χ4n) is 3.58. The van der Waals surface area contributed by atoms with Crippen LogP contribution in [0.15, 0.2) is 54.7 Å². The second-order valence-electron chi connectivity index (χ2n) is 7.75. The van der Waals surface area contributed by atoms with Crippen molar-refractivity contribution in [1.82, 2.24) is 15.3 Å². The summed E-state index contributed by atoms with van der Waals surface area (Å²) in [4.78, 5) is 11.2. The van der Waals surface area contributed by atoms with Crippen molar-refractivity contribution in [2.75, 3.05) is 50.2 Å². The maximum absolute atomic E-state index is 12.5. The topological polar surface area (TPSA) is 71.5 Å². The molecule has 3 aromatic rings. The van der Waals surface area contributed by atoms with Crippen LogP contribution in [0.3, 0.4) is 0 Å². The zero-order valence-corrected chi connectivity index (χ0v) is 20.9. The van der Waals surface area contributed by atoms with Crippen LogP contribution in [-0.4, -0.2) is 60.1 Å². The van der Waals surface area contributed by atoms with Crippen LogP contribution in [0.25, 0.3) is 11.3 Å². The maximum atomic E-state index is 12.5. The van der Waals surface area contributed by atoms with Crippen LogP contribution >= 0.6 is 0 Å². The number of hydrogen-bond donors (Lipinski definition) is 2. The zero-order chi connectivity index (χ0) is 24.8. The van der Waals surface area contributed by atoms with Crippen LogP contribution in [0.4, 0.5) is 30.5 Å². The molecule has 0 aliphatic carbocycles. The van der Waals surface area contributed by atoms with E-state index in [-0.39, 0.29) is 0 Å². The summed E-state index contributed by atoms with van der Waals surface area (Å²) >= 11 is 1.53. The van der Waals surface area contributed by atoms with E-state index in [2.05, 4.69) is 25.5 Å². The summed E-state index contributed by atoms with van der Waals surface area (Å²) in [7, 11) is 1.62. The molecule has 0 unspecified atom stereocenters. The van der Waals surface area contributed by atoms with Crippen LogP contribution < -0.4 is 20.3 Å². The van der Waals surface area contributed by atoms with Gasteiger partial charge in [-0.1, -0.05) is 0 Å². The van der Waals surface area contributed by atoms with Crippen LogP contribution in [0.1, 0.15) is 5.56 Å². The van der Waals surface area contributed by atoms with Gasteiger partial charge in [-0.15, -0.1) is 0 Å². The Bertz CT molecular complexity index is 1170. The van der Waals surface area contributed by atoms with Gasteiger partial charge < -0.3 is 9.64 Å². The van der Waals surface area contributed by atoms with E-state index < -0.39 is 12.7 Å². The van der Waals surface area contributed by atoms with E-state index in [0.717, 1.165) is 30.0 Å². The van der Waals surface area contributed by atoms with Crippen molar-refractivity contribution in [1.29, 1.82) is 0 Å². The van der Waals surface area contributed by atoms with Crippen molar-refractivity contribution in [3.8, 4) is 17.0 Å². The molecule has 0 amide bonds. The van der Waals surface area contributed by atoms with Gasteiger partial charge in [0.25, 0.3) is 0 Å². The number of anilines is 3. The van der Waals surface area contributed by atoms with E-state index in [0.29, 0.717) is 40.2 Å². The molecule has 2 aromatic carbocycles. The number of morpholine rings is 1. The normalized spacial score (nSPS) is 14.0. The molecule has 0 atom stereocenters. The third kappa shape index (κ3) is 6.87. The number of aromatic nitrogens is 2. The standard InChI is InChI=1S/C24H24F3N5O2.Mo/c1-33-22-14-19(32-10-12-34-13-11-32)6-7-21(22)31-23-29-9-8-20(30-23)18-4-2-17(3-5-18)15-28-16-24(25,26)27;/h2-9,14,28H,10-13,16H2,1H3,(H,29,30,31);. The minimum atomic E-state index is -4.27. The van der Waals surface area contributed by atoms with Gasteiger partial charge in [0.05, 0.1) is 20.3 Å². The number of nitrogens with zero attached hydrogens (tertiary/aromatic N) is 3. The number of hydrogen-bond acceptors (Lipinski definition) is 7. The van der Waals surface area contributed by atoms with Crippen molar-refractivity contribution in [3.05, 3.63) is 60.3 Å². The second kappa shape index (κ2) is 11.3. The van der Waals surface area contributed by atoms with Gasteiger partial charge >= 0.3 is 164 Å². The Morgan fingerprint density at radius 2 is 1.86 bits per heavy atom. The van der Waals surface area contributed by atoms with Gasteiger partial charge in [0.15, 0.2) is 0 Å². The van der Waals surface area contributed by atoms with Gasteiger partial charge in [-0.3, -0.25) is 0 Å². The van der Waals surface area contributed by atoms with E-state index >= 15 is 0 Å². The summed E-state index contributed by atoms with van der Waals surface area (Å²) in [6, 6.07) is 14.9. The van der Waals surface area contributed by atoms with E-state index in [1.807, 2.05) is 30.3 Å². The summed E-state index contributed by atoms with van der Waals surface area (Å²) in [5, 5.41) is 5.62. The molecule has 0 radical (unpaired) electrons. The molecule has 2 heterocycles. The van der Waals surface area contributed by atoms with E-state index in [4.69, 9.17) is 9.47 Å². The summed E-state index contributed by atoms with van der Waals surface area (Å²) in [6.45, 7) is 1.99. The van der Waals surface area contributed by atoms with Crippen LogP contribution in [0.2, 0.25) is 0 Å². The van der Waals surface area contributed by atoms with Gasteiger partial charge in [0.1, 0.15) is 0 Å². The molecule has 1 aromatic heterocycles. The summed E-state index contributed by atoms with van der Waals surface area (Å²) in [5.41, 5.74) is 3.97. The van der Waals surface area contributed by atoms with E-state index in [9.17, 15) is 13.2 Å². The summed E-state index contributed by atoms with van der Waals surface area (Å²) in [5.74, 6) is 1.07. The van der Waals surface area contributed by atoms with Crippen molar-refractivity contribution in [2.45, 2.75) is 6.18 Å². The van der Waals surface area contributed by atoms with Gasteiger partial charge in [-0.25, -0.2) is 0 Å². The molecule has 0 spiro atoms. The number of rotatable bonds is 8. The number of nitrogens with one attached hydrogen (secondary N) is 2. The first-order valence-corrected chi connectivity index (χ1v) is 11.9. The summed E-state index contributed by atoms with van der Waals surface area (Å²) < 4.78 is 48.8. The molecule has 35 heavy (non-hydrogen) atoms. The third-order valence-electron chi connectivity index (χ3n) is 5.36. The van der Waals surface area contributed by atoms with E-state index in [1.54, 1.807) is 31.5 Å². The van der Waals surface area contributed by atoms with Crippen molar-refractivity contribution in [3.63, 3.8) is 0 Å². The number of ether oxygens (including phenoxy) is 2. The monoisotopic (exact) mass is 569 g/mol. The predicted molar refractivity (Wildman–Crippen MR) is 125 cm³/mol. The van der Waals surface area contributed by atoms with Crippen LogP contribution in [0.5, 0.6) is 5.75 Å². The minimum absolute atomic E-state index is 0.402. The SMILES string of the molecule is COc1cc(N2CCOCC2)ccc1Nc1nccc(-c2ccc([C](=[Mo])NCC(F)(F)F)cc2)n1. The fraction of sp³-hybridized carbons (Fsp3) is 0.292. The first-order chi connectivity index (χ1) is 16.8. The average molecular weight is 567 g/mol. The molecule has 0 bridgehead atoms. The molecule has 1 saturated heterocycles. The molecule has 0 saturated carbocycles. The first-order valence-electron chi connectivity index (χ1n) is 10.9. The van der Waals surface area contributed by atoms with Gasteiger partial charge in [0, 0.05) is 18.8 Å². The Kier molecular flexibility index (Phi) is 8.15. The number of halogens is 3. The second-order valence-corrected chi connectivity index (χ2v) is 8.75. The quantitative estimate of drug-likeness (QED) is 0.400. The van der Waals surface area contributed by atoms with Crippen molar-refractivity contribution in [2.24, 2.45) is 0 Å². The van der Waals surface area contributed by atoms with E-state index in [1.165, 1.54) is 19.4 Å². The Morgan fingerprint density at radius 3 is 2.54 bits per heavy atom. The van der Waals surface area contributed by atoms with Crippen LogP contribution in [-0.2, 0) is 24.1 Å². The summed E-state index contributed by atoms with van der Waals surface area (Å²) in [6.07, 6.45) is -2.62. The fourth-order valence-corrected chi connectivity index (χ4v) is 4.09. The number of methoxy groups -OCH3 is 1. The first kappa shape index (κ1) is 25.3. The zero-order valence-electron chi connectivity index (χ0n) is 18.9. The van der Waals surface area contributed by atoms with Crippen LogP contribution in [0, 0.1) is 0 Å². The molecule has 184 valence electrons. The number of alkyl halides is 3. The van der Waals surface area contributed by atoms with Gasteiger partial charge in [-0.05, 0) is 0 Å². The number of benzene rings is 2. The van der Waals surface area contributed by atoms with Gasteiger partial charge in [-0.2, -0.15) is 0 Å². The Balaban J connectivity index is 1.47. The molecule has 1 aliphatic heterocycles. The Labute approximate surface area is 212 Å². The Morgan fingerprint density at radius 1 is 1.11 bits per heavy atom. The molecule has 4 rings (SSSR count). The molecule has 2 N–H and O–H groups in total. The van der Waals surface area contributed by atoms with Crippen molar-refractivity contribution < 1.29 is 42.0 Å². The average Bonchev–Trinajstić information content (AvgIpc) is 2.88. The molecule has 1 fully saturated rings. The molecule has 7 nitrogen and oxygen atoms in total. The van der Waals surface area contributed by atoms with Gasteiger partial charge in [0.2, 0.25) is 0 Å². The molecular weight excluding hydrogens is 543 g/mol. The Hall–Kier alpha value is -2.81. The molecule has 1 aliphatic rings. The molecule has 11 heteroatoms. The third-order valence-corrected chi connectivity index (χ3v) is 6.29. The molecular formula is C24H24F3MoN5O2. The predicted octanol–water partition coefficient (Wildman–Crippen LogP) is 3.91. The van der Waals surface area contributed by atoms with Crippen molar-refractivity contribution >= 4 is 21.3 Å².